The van der Waals surface area contributed by atoms with Gasteiger partial charge in [0, 0.05) is 11.1 Å². The summed E-state index contributed by atoms with van der Waals surface area (Å²) in [5, 5.41) is 6.66. The number of halogens is 2. The zero-order chi connectivity index (χ0) is 19.2. The topological polar surface area (TPSA) is 77.5 Å². The molecule has 0 aliphatic rings. The van der Waals surface area contributed by atoms with E-state index in [9.17, 15) is 18.4 Å². The Morgan fingerprint density at radius 3 is 2.59 bits per heavy atom. The fraction of sp³-hybridized carbons (Fsp3) is 0.118. The number of anilines is 1. The van der Waals surface area contributed by atoms with E-state index in [2.05, 4.69) is 15.0 Å². The van der Waals surface area contributed by atoms with Crippen molar-refractivity contribution in [2.45, 2.75) is 6.61 Å². The van der Waals surface area contributed by atoms with Crippen molar-refractivity contribution in [2.75, 3.05) is 11.9 Å². The SMILES string of the molecule is O=C(COC(=O)c1csc(-c2cccs2)n1)Nc1ccc(OC(F)F)cc1. The van der Waals surface area contributed by atoms with Gasteiger partial charge < -0.3 is 14.8 Å². The Morgan fingerprint density at radius 1 is 1.15 bits per heavy atom. The average Bonchev–Trinajstić information content (AvgIpc) is 3.32. The Morgan fingerprint density at radius 2 is 1.93 bits per heavy atom. The second-order valence-electron chi connectivity index (χ2n) is 5.04. The molecule has 0 radical (unpaired) electrons. The van der Waals surface area contributed by atoms with Gasteiger partial charge in [-0.05, 0) is 35.7 Å². The Labute approximate surface area is 160 Å². The number of hydrogen-bond donors (Lipinski definition) is 1. The molecule has 3 rings (SSSR count). The number of nitrogens with one attached hydrogen (secondary N) is 1. The van der Waals surface area contributed by atoms with E-state index >= 15 is 0 Å². The third-order valence-corrected chi connectivity index (χ3v) is 5.02. The number of nitrogens with zero attached hydrogens (tertiary/aromatic N) is 1. The molecule has 140 valence electrons. The van der Waals surface area contributed by atoms with Crippen molar-refractivity contribution >= 4 is 40.2 Å². The number of amides is 1. The van der Waals surface area contributed by atoms with Crippen LogP contribution in [0, 0.1) is 0 Å². The number of aromatic nitrogens is 1. The van der Waals surface area contributed by atoms with Crippen molar-refractivity contribution in [2.24, 2.45) is 0 Å². The Bertz CT molecular complexity index is 911. The molecular formula is C17H12F2N2O4S2. The second-order valence-corrected chi connectivity index (χ2v) is 6.85. The van der Waals surface area contributed by atoms with E-state index in [1.807, 2.05) is 17.5 Å². The average molecular weight is 410 g/mol. The molecule has 0 saturated heterocycles. The zero-order valence-electron chi connectivity index (χ0n) is 13.6. The van der Waals surface area contributed by atoms with Crippen LogP contribution in [0.25, 0.3) is 9.88 Å². The summed E-state index contributed by atoms with van der Waals surface area (Å²) in [5.41, 5.74) is 0.482. The summed E-state index contributed by atoms with van der Waals surface area (Å²) in [4.78, 5) is 29.0. The highest BCUT2D eigenvalue weighted by molar-refractivity contribution is 7.20. The van der Waals surface area contributed by atoms with Gasteiger partial charge in [-0.2, -0.15) is 8.78 Å². The van der Waals surface area contributed by atoms with Gasteiger partial charge in [-0.3, -0.25) is 4.79 Å². The van der Waals surface area contributed by atoms with Gasteiger partial charge in [-0.25, -0.2) is 9.78 Å². The molecule has 0 aliphatic carbocycles. The van der Waals surface area contributed by atoms with Crippen LogP contribution >= 0.6 is 22.7 Å². The largest absolute Gasteiger partial charge is 0.451 e. The summed E-state index contributed by atoms with van der Waals surface area (Å²) in [6, 6.07) is 9.14. The molecule has 0 aliphatic heterocycles. The number of carbonyl (C=O) groups excluding carboxylic acids is 2. The minimum absolute atomic E-state index is 0.0282. The normalized spacial score (nSPS) is 10.6. The van der Waals surface area contributed by atoms with Crippen LogP contribution in [0.5, 0.6) is 5.75 Å². The molecule has 0 bridgehead atoms. The van der Waals surface area contributed by atoms with E-state index in [4.69, 9.17) is 4.74 Å². The lowest BCUT2D eigenvalue weighted by Gasteiger charge is -2.07. The quantitative estimate of drug-likeness (QED) is 0.589. The highest BCUT2D eigenvalue weighted by Gasteiger charge is 2.15. The first-order valence-electron chi connectivity index (χ1n) is 7.52. The van der Waals surface area contributed by atoms with Gasteiger partial charge in [0.1, 0.15) is 10.8 Å². The number of carbonyl (C=O) groups is 2. The third kappa shape index (κ3) is 5.31. The predicted octanol–water partition coefficient (Wildman–Crippen LogP) is 4.27. The molecule has 2 heterocycles. The first-order valence-corrected chi connectivity index (χ1v) is 9.28. The summed E-state index contributed by atoms with van der Waals surface area (Å²) < 4.78 is 33.3. The Kier molecular flexibility index (Phi) is 6.09. The van der Waals surface area contributed by atoms with E-state index in [1.165, 1.54) is 46.9 Å². The molecule has 0 spiro atoms. The van der Waals surface area contributed by atoms with Gasteiger partial charge in [-0.15, -0.1) is 22.7 Å². The van der Waals surface area contributed by atoms with Gasteiger partial charge in [0.15, 0.2) is 12.3 Å². The monoisotopic (exact) mass is 410 g/mol. The first kappa shape index (κ1) is 18.9. The lowest BCUT2D eigenvalue weighted by Crippen LogP contribution is -2.21. The minimum Gasteiger partial charge on any atom is -0.451 e. The molecule has 0 unspecified atom stereocenters. The maximum Gasteiger partial charge on any atom is 0.387 e. The third-order valence-electron chi connectivity index (χ3n) is 3.14. The summed E-state index contributed by atoms with van der Waals surface area (Å²) in [6.45, 7) is -3.42. The molecule has 2 aromatic heterocycles. The number of esters is 1. The first-order chi connectivity index (χ1) is 13.0. The van der Waals surface area contributed by atoms with Crippen LogP contribution in [0.1, 0.15) is 10.5 Å². The standard InChI is InChI=1S/C17H12F2N2O4S2/c18-17(19)25-11-5-3-10(4-6-11)20-14(22)8-24-16(23)12-9-27-15(21-12)13-2-1-7-26-13/h1-7,9,17H,8H2,(H,20,22). The van der Waals surface area contributed by atoms with Crippen molar-refractivity contribution in [1.82, 2.24) is 4.98 Å². The number of benzene rings is 1. The molecule has 1 amide bonds. The Hall–Kier alpha value is -2.85. The van der Waals surface area contributed by atoms with Crippen LogP contribution in [0.4, 0.5) is 14.5 Å². The van der Waals surface area contributed by atoms with E-state index < -0.39 is 25.1 Å². The summed E-state index contributed by atoms with van der Waals surface area (Å²) in [6.07, 6.45) is 0. The minimum atomic E-state index is -2.92. The van der Waals surface area contributed by atoms with E-state index in [0.717, 1.165) is 4.88 Å². The lowest BCUT2D eigenvalue weighted by atomic mass is 10.3. The fourth-order valence-electron chi connectivity index (χ4n) is 2.00. The van der Waals surface area contributed by atoms with Crippen molar-refractivity contribution in [3.05, 3.63) is 52.9 Å². The molecular weight excluding hydrogens is 398 g/mol. The van der Waals surface area contributed by atoms with Crippen LogP contribution in [-0.2, 0) is 9.53 Å². The van der Waals surface area contributed by atoms with Crippen LogP contribution < -0.4 is 10.1 Å². The van der Waals surface area contributed by atoms with Gasteiger partial charge in [0.2, 0.25) is 0 Å². The fourth-order valence-corrected chi connectivity index (χ4v) is 3.61. The Balaban J connectivity index is 1.49. The summed E-state index contributed by atoms with van der Waals surface area (Å²) in [7, 11) is 0. The maximum absolute atomic E-state index is 12.1. The molecule has 0 fully saturated rings. The molecule has 0 atom stereocenters. The number of ether oxygens (including phenoxy) is 2. The summed E-state index contributed by atoms with van der Waals surface area (Å²) >= 11 is 2.82. The molecule has 1 aromatic carbocycles. The summed E-state index contributed by atoms with van der Waals surface area (Å²) in [5.74, 6) is -1.30. The van der Waals surface area contributed by atoms with Gasteiger partial charge in [-0.1, -0.05) is 6.07 Å². The van der Waals surface area contributed by atoms with Crippen LogP contribution in [-0.4, -0.2) is 30.1 Å². The van der Waals surface area contributed by atoms with E-state index in [1.54, 1.807) is 5.38 Å². The van der Waals surface area contributed by atoms with Gasteiger partial charge in [0.05, 0.1) is 4.88 Å². The second kappa shape index (κ2) is 8.69. The maximum atomic E-state index is 12.1. The van der Waals surface area contributed by atoms with E-state index in [0.29, 0.717) is 10.7 Å². The smallest absolute Gasteiger partial charge is 0.387 e. The van der Waals surface area contributed by atoms with Crippen molar-refractivity contribution in [3.63, 3.8) is 0 Å². The highest BCUT2D eigenvalue weighted by atomic mass is 32.1. The zero-order valence-corrected chi connectivity index (χ0v) is 15.2. The van der Waals surface area contributed by atoms with Crippen molar-refractivity contribution in [1.29, 1.82) is 0 Å². The molecule has 0 saturated carbocycles. The lowest BCUT2D eigenvalue weighted by molar-refractivity contribution is -0.119. The van der Waals surface area contributed by atoms with Crippen LogP contribution in [0.3, 0.4) is 0 Å². The predicted molar refractivity (Wildman–Crippen MR) is 97.4 cm³/mol. The van der Waals surface area contributed by atoms with Crippen molar-refractivity contribution < 1.29 is 27.8 Å². The van der Waals surface area contributed by atoms with E-state index in [-0.39, 0.29) is 11.4 Å². The van der Waals surface area contributed by atoms with Crippen molar-refractivity contribution in [3.8, 4) is 15.6 Å². The highest BCUT2D eigenvalue weighted by Crippen LogP contribution is 2.28. The molecule has 10 heteroatoms. The molecule has 27 heavy (non-hydrogen) atoms. The van der Waals surface area contributed by atoms with Crippen LogP contribution in [0.15, 0.2) is 47.2 Å². The number of hydrogen-bond acceptors (Lipinski definition) is 7. The number of alkyl halides is 2. The molecule has 1 N–H and O–H groups in total. The molecule has 6 nitrogen and oxygen atoms in total. The number of thiophene rings is 1. The van der Waals surface area contributed by atoms with Crippen LogP contribution in [0.2, 0.25) is 0 Å². The van der Waals surface area contributed by atoms with Gasteiger partial charge >= 0.3 is 12.6 Å². The number of thiazole rings is 1. The molecule has 3 aromatic rings. The number of rotatable bonds is 7. The van der Waals surface area contributed by atoms with Gasteiger partial charge in [0.25, 0.3) is 5.91 Å².